The van der Waals surface area contributed by atoms with E-state index >= 15 is 0 Å². The number of imide groups is 1. The minimum absolute atomic E-state index is 0.0501. The predicted molar refractivity (Wildman–Crippen MR) is 127 cm³/mol. The summed E-state index contributed by atoms with van der Waals surface area (Å²) in [7, 11) is 1.64. The molecule has 1 atom stereocenters. The maximum absolute atomic E-state index is 13.5. The zero-order valence-electron chi connectivity index (χ0n) is 19.2. The van der Waals surface area contributed by atoms with Gasteiger partial charge in [0.25, 0.3) is 5.91 Å². The highest BCUT2D eigenvalue weighted by Crippen LogP contribution is 2.36. The molecule has 0 radical (unpaired) electrons. The van der Waals surface area contributed by atoms with Crippen LogP contribution in [0.25, 0.3) is 0 Å². The summed E-state index contributed by atoms with van der Waals surface area (Å²) in [5.41, 5.74) is 0.320. The molecule has 4 rings (SSSR count). The molecular formula is C25H33N3O3S. The average molecular weight is 456 g/mol. The van der Waals surface area contributed by atoms with Crippen LogP contribution in [0.4, 0.5) is 4.79 Å². The molecule has 1 aromatic carbocycles. The van der Waals surface area contributed by atoms with Crippen LogP contribution >= 0.6 is 11.3 Å². The molecule has 1 aromatic heterocycles. The van der Waals surface area contributed by atoms with Crippen molar-refractivity contribution in [3.63, 3.8) is 0 Å². The van der Waals surface area contributed by atoms with E-state index in [4.69, 9.17) is 4.74 Å². The molecule has 3 amide bonds. The van der Waals surface area contributed by atoms with E-state index in [1.807, 2.05) is 42.5 Å². The molecule has 0 spiro atoms. The number of nitrogens with one attached hydrogen (secondary N) is 1. The summed E-state index contributed by atoms with van der Waals surface area (Å²) in [4.78, 5) is 32.9. The molecular weight excluding hydrogens is 422 g/mol. The number of likely N-dealkylation sites (tertiary alicyclic amines) is 1. The van der Waals surface area contributed by atoms with Gasteiger partial charge in [-0.2, -0.15) is 0 Å². The van der Waals surface area contributed by atoms with Gasteiger partial charge in [0.15, 0.2) is 0 Å². The molecule has 0 bridgehead atoms. The quantitative estimate of drug-likeness (QED) is 0.606. The van der Waals surface area contributed by atoms with Crippen molar-refractivity contribution in [1.29, 1.82) is 0 Å². The second-order valence-electron chi connectivity index (χ2n) is 8.87. The molecule has 3 heterocycles. The first-order valence-electron chi connectivity index (χ1n) is 11.5. The van der Waals surface area contributed by atoms with Crippen LogP contribution in [0.3, 0.4) is 0 Å². The summed E-state index contributed by atoms with van der Waals surface area (Å²) >= 11 is 1.85. The second kappa shape index (κ2) is 9.63. The second-order valence-corrected chi connectivity index (χ2v) is 10.2. The van der Waals surface area contributed by atoms with Crippen LogP contribution in [0, 0.1) is 12.8 Å². The van der Waals surface area contributed by atoms with Gasteiger partial charge in [-0.05, 0) is 81.4 Å². The first-order chi connectivity index (χ1) is 15.4. The smallest absolute Gasteiger partial charge is 0.325 e. The summed E-state index contributed by atoms with van der Waals surface area (Å²) in [5, 5.41) is 3.11. The molecule has 7 heteroatoms. The summed E-state index contributed by atoms with van der Waals surface area (Å²) in [6.45, 7) is 7.44. The van der Waals surface area contributed by atoms with Crippen molar-refractivity contribution in [2.75, 3.05) is 26.7 Å². The molecule has 2 aliphatic rings. The Morgan fingerprint density at radius 2 is 1.84 bits per heavy atom. The largest absolute Gasteiger partial charge is 0.497 e. The van der Waals surface area contributed by atoms with Gasteiger partial charge in [0, 0.05) is 22.8 Å². The normalized spacial score (nSPS) is 22.4. The number of ether oxygens (including phenoxy) is 1. The van der Waals surface area contributed by atoms with Gasteiger partial charge in [0.1, 0.15) is 11.3 Å². The van der Waals surface area contributed by atoms with Crippen LogP contribution in [0.2, 0.25) is 0 Å². The third-order valence-electron chi connectivity index (χ3n) is 7.00. The molecule has 2 fully saturated rings. The third kappa shape index (κ3) is 4.55. The number of amides is 3. The summed E-state index contributed by atoms with van der Waals surface area (Å²) < 4.78 is 5.20. The monoisotopic (exact) mass is 455 g/mol. The number of benzene rings is 1. The summed E-state index contributed by atoms with van der Waals surface area (Å²) in [6, 6.07) is 11.9. The molecule has 6 nitrogen and oxygen atoms in total. The number of urea groups is 1. The van der Waals surface area contributed by atoms with E-state index < -0.39 is 5.54 Å². The standard InChI is InChI=1S/C25H33N3O3S/c1-4-25(20-12-14-27(15-13-20)17-22-10-5-18(2)32-22)23(29)28(24(30)26-25)16-11-19-6-8-21(31-3)9-7-19/h5-10,20H,4,11-17H2,1-3H3,(H,26,30)/t25-/m0/s1. The van der Waals surface area contributed by atoms with Gasteiger partial charge in [-0.15, -0.1) is 11.3 Å². The van der Waals surface area contributed by atoms with Gasteiger partial charge in [-0.25, -0.2) is 4.79 Å². The Labute approximate surface area is 194 Å². The summed E-state index contributed by atoms with van der Waals surface area (Å²) in [6.07, 6.45) is 3.13. The number of carbonyl (C=O) groups excluding carboxylic acids is 2. The van der Waals surface area contributed by atoms with Crippen molar-refractivity contribution in [3.8, 4) is 5.75 Å². The number of carbonyl (C=O) groups is 2. The van der Waals surface area contributed by atoms with Crippen LogP contribution in [0.1, 0.15) is 41.5 Å². The number of hydrogen-bond acceptors (Lipinski definition) is 5. The van der Waals surface area contributed by atoms with Gasteiger partial charge in [-0.3, -0.25) is 14.6 Å². The Bertz CT molecular complexity index is 950. The lowest BCUT2D eigenvalue weighted by atomic mass is 9.75. The van der Waals surface area contributed by atoms with E-state index in [0.717, 1.165) is 43.8 Å². The number of nitrogens with zero attached hydrogens (tertiary/aromatic N) is 2. The maximum atomic E-state index is 13.5. The Morgan fingerprint density at radius 3 is 2.44 bits per heavy atom. The number of methoxy groups -OCH3 is 1. The van der Waals surface area contributed by atoms with E-state index in [9.17, 15) is 9.59 Å². The Kier molecular flexibility index (Phi) is 6.86. The number of rotatable bonds is 8. The highest BCUT2D eigenvalue weighted by atomic mass is 32.1. The molecule has 172 valence electrons. The fourth-order valence-electron chi connectivity index (χ4n) is 5.06. The van der Waals surface area contributed by atoms with E-state index in [2.05, 4.69) is 29.3 Å². The molecule has 1 N–H and O–H groups in total. The lowest BCUT2D eigenvalue weighted by Crippen LogP contribution is -2.55. The van der Waals surface area contributed by atoms with Crippen molar-refractivity contribution in [3.05, 3.63) is 51.7 Å². The highest BCUT2D eigenvalue weighted by molar-refractivity contribution is 7.11. The number of piperidine rings is 1. The zero-order valence-corrected chi connectivity index (χ0v) is 20.0. The lowest BCUT2D eigenvalue weighted by molar-refractivity contribution is -0.134. The first kappa shape index (κ1) is 22.8. The maximum Gasteiger partial charge on any atom is 0.325 e. The van der Waals surface area contributed by atoms with E-state index in [1.165, 1.54) is 14.7 Å². The van der Waals surface area contributed by atoms with Crippen LogP contribution in [-0.2, 0) is 17.8 Å². The number of hydrogen-bond donors (Lipinski definition) is 1. The number of thiophene rings is 1. The van der Waals surface area contributed by atoms with Crippen molar-refractivity contribution < 1.29 is 14.3 Å². The van der Waals surface area contributed by atoms with Crippen molar-refractivity contribution >= 4 is 23.3 Å². The molecule has 0 unspecified atom stereocenters. The van der Waals surface area contributed by atoms with Gasteiger partial charge in [-0.1, -0.05) is 19.1 Å². The van der Waals surface area contributed by atoms with E-state index in [1.54, 1.807) is 7.11 Å². The minimum Gasteiger partial charge on any atom is -0.497 e. The zero-order chi connectivity index (χ0) is 22.7. The van der Waals surface area contributed by atoms with Crippen molar-refractivity contribution in [2.45, 2.75) is 51.6 Å². The Hall–Kier alpha value is -2.38. The molecule has 2 aliphatic heterocycles. The van der Waals surface area contributed by atoms with Crippen LogP contribution < -0.4 is 10.1 Å². The summed E-state index contributed by atoms with van der Waals surface area (Å²) in [5.74, 6) is 0.927. The third-order valence-corrected chi connectivity index (χ3v) is 7.99. The predicted octanol–water partition coefficient (Wildman–Crippen LogP) is 4.22. The fourth-order valence-corrected chi connectivity index (χ4v) is 5.99. The molecule has 0 aliphatic carbocycles. The van der Waals surface area contributed by atoms with Crippen LogP contribution in [0.15, 0.2) is 36.4 Å². The van der Waals surface area contributed by atoms with Gasteiger partial charge in [0.2, 0.25) is 0 Å². The van der Waals surface area contributed by atoms with Gasteiger partial charge < -0.3 is 10.1 Å². The Balaban J connectivity index is 1.37. The molecule has 32 heavy (non-hydrogen) atoms. The van der Waals surface area contributed by atoms with Crippen molar-refractivity contribution in [1.82, 2.24) is 15.1 Å². The SMILES string of the molecule is CC[C@@]1(C2CCN(Cc3ccc(C)s3)CC2)NC(=O)N(CCc2ccc(OC)cc2)C1=O. The fraction of sp³-hybridized carbons (Fsp3) is 0.520. The molecule has 2 saturated heterocycles. The first-order valence-corrected chi connectivity index (χ1v) is 12.3. The number of aryl methyl sites for hydroxylation is 1. The molecule has 2 aromatic rings. The van der Waals surface area contributed by atoms with Crippen LogP contribution in [0.5, 0.6) is 5.75 Å². The van der Waals surface area contributed by atoms with Gasteiger partial charge >= 0.3 is 6.03 Å². The minimum atomic E-state index is -0.761. The van der Waals surface area contributed by atoms with E-state index in [-0.39, 0.29) is 17.9 Å². The average Bonchev–Trinajstić information content (AvgIpc) is 3.33. The van der Waals surface area contributed by atoms with Gasteiger partial charge in [0.05, 0.1) is 7.11 Å². The Morgan fingerprint density at radius 1 is 1.12 bits per heavy atom. The van der Waals surface area contributed by atoms with Crippen molar-refractivity contribution in [2.24, 2.45) is 5.92 Å². The lowest BCUT2D eigenvalue weighted by Gasteiger charge is -2.40. The van der Waals surface area contributed by atoms with E-state index in [0.29, 0.717) is 19.4 Å². The molecule has 0 saturated carbocycles. The highest BCUT2D eigenvalue weighted by Gasteiger charge is 2.54. The van der Waals surface area contributed by atoms with Crippen LogP contribution in [-0.4, -0.2) is 54.0 Å². The topological polar surface area (TPSA) is 61.9 Å².